The Balaban J connectivity index is 1.87. The van der Waals surface area contributed by atoms with Crippen molar-refractivity contribution in [1.29, 1.82) is 0 Å². The summed E-state index contributed by atoms with van der Waals surface area (Å²) in [5.41, 5.74) is 0.153. The zero-order valence-electron chi connectivity index (χ0n) is 11.8. The molecule has 1 spiro atoms. The van der Waals surface area contributed by atoms with E-state index in [0.29, 0.717) is 18.5 Å². The van der Waals surface area contributed by atoms with Gasteiger partial charge in [-0.3, -0.25) is 4.79 Å². The minimum absolute atomic E-state index is 0.103. The molecule has 1 saturated heterocycles. The summed E-state index contributed by atoms with van der Waals surface area (Å²) >= 11 is 0. The minimum atomic E-state index is -0.103. The van der Waals surface area contributed by atoms with Gasteiger partial charge in [0.25, 0.3) is 0 Å². The third-order valence-corrected chi connectivity index (χ3v) is 4.19. The molecule has 0 aromatic rings. The molecule has 18 heavy (non-hydrogen) atoms. The lowest BCUT2D eigenvalue weighted by Crippen LogP contribution is -2.51. The second kappa shape index (κ2) is 5.57. The smallest absolute Gasteiger partial charge is 0.237 e. The number of carbonyl (C=O) groups is 1. The monoisotopic (exact) mass is 254 g/mol. The maximum Gasteiger partial charge on any atom is 0.237 e. The van der Waals surface area contributed by atoms with E-state index in [1.165, 1.54) is 19.3 Å². The van der Waals surface area contributed by atoms with Crippen LogP contribution < -0.4 is 10.6 Å². The van der Waals surface area contributed by atoms with Gasteiger partial charge in [-0.1, -0.05) is 13.8 Å². The van der Waals surface area contributed by atoms with Crippen LogP contribution in [-0.2, 0) is 9.53 Å². The minimum Gasteiger partial charge on any atom is -0.373 e. The summed E-state index contributed by atoms with van der Waals surface area (Å²) in [7, 11) is 0. The maximum atomic E-state index is 12.0. The number of amides is 1. The van der Waals surface area contributed by atoms with Gasteiger partial charge in [0.1, 0.15) is 0 Å². The molecule has 1 unspecified atom stereocenters. The largest absolute Gasteiger partial charge is 0.373 e. The first-order chi connectivity index (χ1) is 8.56. The molecule has 2 atom stereocenters. The highest BCUT2D eigenvalue weighted by atomic mass is 16.5. The predicted octanol–water partition coefficient (Wildman–Crippen LogP) is 1.45. The van der Waals surface area contributed by atoms with Crippen LogP contribution in [0.5, 0.6) is 0 Å². The van der Waals surface area contributed by atoms with Crippen LogP contribution in [0.2, 0.25) is 0 Å². The number of ether oxygens (including phenoxy) is 1. The summed E-state index contributed by atoms with van der Waals surface area (Å²) < 4.78 is 5.92. The van der Waals surface area contributed by atoms with Crippen molar-refractivity contribution in [3.8, 4) is 0 Å². The van der Waals surface area contributed by atoms with Crippen molar-refractivity contribution >= 4 is 5.91 Å². The van der Waals surface area contributed by atoms with Crippen LogP contribution in [0.4, 0.5) is 0 Å². The van der Waals surface area contributed by atoms with Gasteiger partial charge >= 0.3 is 0 Å². The summed E-state index contributed by atoms with van der Waals surface area (Å²) in [6.07, 6.45) is 4.74. The Labute approximate surface area is 110 Å². The summed E-state index contributed by atoms with van der Waals surface area (Å²) in [6.45, 7) is 7.57. The molecule has 2 N–H and O–H groups in total. The van der Waals surface area contributed by atoms with Crippen LogP contribution >= 0.6 is 0 Å². The van der Waals surface area contributed by atoms with Crippen LogP contribution in [-0.4, -0.2) is 36.7 Å². The molecular formula is C14H26N2O2. The first kappa shape index (κ1) is 13.8. The molecule has 1 aliphatic carbocycles. The molecule has 0 aromatic carbocycles. The lowest BCUT2D eigenvalue weighted by Gasteiger charge is -2.37. The van der Waals surface area contributed by atoms with E-state index in [0.717, 1.165) is 13.0 Å². The topological polar surface area (TPSA) is 50.4 Å². The first-order valence-corrected chi connectivity index (χ1v) is 7.24. The van der Waals surface area contributed by atoms with Crippen LogP contribution in [0.3, 0.4) is 0 Å². The number of rotatable bonds is 5. The first-order valence-electron chi connectivity index (χ1n) is 7.24. The SMILES string of the molecule is CCNC(=O)[C@@H](NC1COC2(CCC2)C1)C(C)C. The van der Waals surface area contributed by atoms with E-state index >= 15 is 0 Å². The Hall–Kier alpha value is -0.610. The second-order valence-corrected chi connectivity index (χ2v) is 6.03. The molecule has 1 aliphatic heterocycles. The van der Waals surface area contributed by atoms with E-state index in [1.54, 1.807) is 0 Å². The molecule has 1 saturated carbocycles. The third kappa shape index (κ3) is 2.86. The van der Waals surface area contributed by atoms with Gasteiger partial charge in [-0.2, -0.15) is 0 Å². The zero-order chi connectivity index (χ0) is 13.2. The van der Waals surface area contributed by atoms with Gasteiger partial charge in [0.15, 0.2) is 0 Å². The number of hydrogen-bond acceptors (Lipinski definition) is 3. The Kier molecular flexibility index (Phi) is 4.28. The van der Waals surface area contributed by atoms with Crippen molar-refractivity contribution in [2.75, 3.05) is 13.2 Å². The fraction of sp³-hybridized carbons (Fsp3) is 0.929. The van der Waals surface area contributed by atoms with Crippen molar-refractivity contribution < 1.29 is 9.53 Å². The fourth-order valence-electron chi connectivity index (χ4n) is 2.98. The Morgan fingerprint density at radius 1 is 1.44 bits per heavy atom. The predicted molar refractivity (Wildman–Crippen MR) is 71.4 cm³/mol. The van der Waals surface area contributed by atoms with Crippen LogP contribution in [0.25, 0.3) is 0 Å². The number of likely N-dealkylation sites (N-methyl/N-ethyl adjacent to an activating group) is 1. The van der Waals surface area contributed by atoms with E-state index in [4.69, 9.17) is 4.74 Å². The number of carbonyl (C=O) groups excluding carboxylic acids is 1. The quantitative estimate of drug-likeness (QED) is 0.780. The Morgan fingerprint density at radius 3 is 2.61 bits per heavy atom. The number of nitrogens with one attached hydrogen (secondary N) is 2. The van der Waals surface area contributed by atoms with Crippen molar-refractivity contribution in [3.05, 3.63) is 0 Å². The average Bonchev–Trinajstić information content (AvgIpc) is 2.69. The molecule has 0 radical (unpaired) electrons. The molecule has 4 nitrogen and oxygen atoms in total. The Morgan fingerprint density at radius 2 is 2.17 bits per heavy atom. The molecule has 1 amide bonds. The molecular weight excluding hydrogens is 228 g/mol. The van der Waals surface area contributed by atoms with Crippen molar-refractivity contribution in [2.24, 2.45) is 5.92 Å². The molecule has 1 heterocycles. The molecule has 2 fully saturated rings. The Bertz CT molecular complexity index is 300. The van der Waals surface area contributed by atoms with E-state index in [-0.39, 0.29) is 17.6 Å². The fourth-order valence-corrected chi connectivity index (χ4v) is 2.98. The van der Waals surface area contributed by atoms with Gasteiger partial charge in [0.2, 0.25) is 5.91 Å². The lowest BCUT2D eigenvalue weighted by atomic mass is 9.77. The van der Waals surface area contributed by atoms with E-state index in [9.17, 15) is 4.79 Å². The highest BCUT2D eigenvalue weighted by Crippen LogP contribution is 2.43. The van der Waals surface area contributed by atoms with Crippen molar-refractivity contribution in [1.82, 2.24) is 10.6 Å². The van der Waals surface area contributed by atoms with Crippen LogP contribution in [0.15, 0.2) is 0 Å². The van der Waals surface area contributed by atoms with Gasteiger partial charge in [-0.05, 0) is 38.5 Å². The molecule has 104 valence electrons. The highest BCUT2D eigenvalue weighted by Gasteiger charge is 2.45. The summed E-state index contributed by atoms with van der Waals surface area (Å²) in [6, 6.07) is 0.231. The highest BCUT2D eigenvalue weighted by molar-refractivity contribution is 5.82. The molecule has 0 bridgehead atoms. The van der Waals surface area contributed by atoms with E-state index < -0.39 is 0 Å². The summed E-state index contributed by atoms with van der Waals surface area (Å²) in [5, 5.41) is 6.39. The third-order valence-electron chi connectivity index (χ3n) is 4.19. The average molecular weight is 254 g/mol. The molecule has 2 rings (SSSR count). The normalized spacial score (nSPS) is 27.2. The van der Waals surface area contributed by atoms with E-state index in [2.05, 4.69) is 24.5 Å². The molecule has 4 heteroatoms. The van der Waals surface area contributed by atoms with Gasteiger partial charge in [0, 0.05) is 12.6 Å². The van der Waals surface area contributed by atoms with E-state index in [1.807, 2.05) is 6.92 Å². The summed E-state index contributed by atoms with van der Waals surface area (Å²) in [4.78, 5) is 12.0. The molecule has 2 aliphatic rings. The van der Waals surface area contributed by atoms with Crippen LogP contribution in [0.1, 0.15) is 46.5 Å². The van der Waals surface area contributed by atoms with Crippen molar-refractivity contribution in [3.63, 3.8) is 0 Å². The van der Waals surface area contributed by atoms with Gasteiger partial charge in [0.05, 0.1) is 18.2 Å². The van der Waals surface area contributed by atoms with Gasteiger partial charge in [-0.15, -0.1) is 0 Å². The second-order valence-electron chi connectivity index (χ2n) is 6.03. The number of hydrogen-bond donors (Lipinski definition) is 2. The van der Waals surface area contributed by atoms with Crippen molar-refractivity contribution in [2.45, 2.75) is 64.1 Å². The van der Waals surface area contributed by atoms with Gasteiger partial charge in [-0.25, -0.2) is 0 Å². The standard InChI is InChI=1S/C14H26N2O2/c1-4-15-13(17)12(10(2)3)16-11-8-14(18-9-11)6-5-7-14/h10-12,16H,4-9H2,1-3H3,(H,15,17)/t11?,12-/m0/s1. The lowest BCUT2D eigenvalue weighted by molar-refractivity contribution is -0.124. The molecule has 0 aromatic heterocycles. The zero-order valence-corrected chi connectivity index (χ0v) is 11.8. The maximum absolute atomic E-state index is 12.0. The van der Waals surface area contributed by atoms with Crippen LogP contribution in [0, 0.1) is 5.92 Å². The van der Waals surface area contributed by atoms with Gasteiger partial charge < -0.3 is 15.4 Å². The summed E-state index contributed by atoms with van der Waals surface area (Å²) in [5.74, 6) is 0.413.